The Labute approximate surface area is 122 Å². The molecule has 0 aliphatic heterocycles. The van der Waals surface area contributed by atoms with E-state index in [1.807, 2.05) is 13.0 Å². The number of hydrazine groups is 1. The van der Waals surface area contributed by atoms with Crippen LogP contribution in [0.25, 0.3) is 0 Å². The van der Waals surface area contributed by atoms with Crippen molar-refractivity contribution < 1.29 is 4.74 Å². The molecule has 1 heterocycles. The minimum absolute atomic E-state index is 0.240. The molecule has 7 nitrogen and oxygen atoms in total. The predicted molar refractivity (Wildman–Crippen MR) is 80.6 cm³/mol. The van der Waals surface area contributed by atoms with E-state index in [0.29, 0.717) is 12.6 Å². The Morgan fingerprint density at radius 3 is 2.76 bits per heavy atom. The number of nitrogens with zero attached hydrogens (tertiary/aromatic N) is 3. The van der Waals surface area contributed by atoms with Crippen LogP contribution in [0.2, 0.25) is 0 Å². The van der Waals surface area contributed by atoms with Crippen molar-refractivity contribution in [3.63, 3.8) is 0 Å². The van der Waals surface area contributed by atoms with Gasteiger partial charge in [-0.25, -0.2) is 5.84 Å². The maximum Gasteiger partial charge on any atom is 0.323 e. The first-order valence-electron chi connectivity index (χ1n) is 7.03. The zero-order valence-corrected chi connectivity index (χ0v) is 11.9. The molecule has 0 spiro atoms. The Balaban J connectivity index is 1.85. The lowest BCUT2D eigenvalue weighted by molar-refractivity contribution is 0.312. The summed E-state index contributed by atoms with van der Waals surface area (Å²) >= 11 is 0. The molecular formula is C14H18N6O. The highest BCUT2D eigenvalue weighted by molar-refractivity contribution is 5.57. The Hall–Kier alpha value is -2.41. The van der Waals surface area contributed by atoms with Crippen molar-refractivity contribution in [1.82, 2.24) is 15.0 Å². The Kier molecular flexibility index (Phi) is 3.83. The second-order valence-electron chi connectivity index (χ2n) is 4.80. The van der Waals surface area contributed by atoms with Crippen LogP contribution in [-0.2, 0) is 12.8 Å². The number of rotatable bonds is 5. The van der Waals surface area contributed by atoms with Crippen LogP contribution >= 0.6 is 0 Å². The summed E-state index contributed by atoms with van der Waals surface area (Å²) in [5, 5.41) is 3.17. The topological polar surface area (TPSA) is 98.0 Å². The molecule has 0 unspecified atom stereocenters. The Bertz CT molecular complexity index is 645. The second kappa shape index (κ2) is 5.92. The van der Waals surface area contributed by atoms with E-state index in [1.165, 1.54) is 17.5 Å². The molecule has 3 rings (SSSR count). The van der Waals surface area contributed by atoms with Crippen LogP contribution in [-0.4, -0.2) is 21.6 Å². The van der Waals surface area contributed by atoms with Crippen LogP contribution in [0.5, 0.6) is 6.01 Å². The zero-order valence-electron chi connectivity index (χ0n) is 11.9. The van der Waals surface area contributed by atoms with E-state index < -0.39 is 0 Å². The Morgan fingerprint density at radius 1 is 1.14 bits per heavy atom. The van der Waals surface area contributed by atoms with Crippen molar-refractivity contribution in [2.75, 3.05) is 17.3 Å². The fourth-order valence-corrected chi connectivity index (χ4v) is 2.45. The van der Waals surface area contributed by atoms with Crippen molar-refractivity contribution in [2.24, 2.45) is 5.84 Å². The minimum atomic E-state index is 0.240. The molecule has 21 heavy (non-hydrogen) atoms. The summed E-state index contributed by atoms with van der Waals surface area (Å²) in [6.07, 6.45) is 3.51. The highest BCUT2D eigenvalue weighted by Crippen LogP contribution is 2.26. The number of aromatic nitrogens is 3. The van der Waals surface area contributed by atoms with Gasteiger partial charge >= 0.3 is 6.01 Å². The van der Waals surface area contributed by atoms with E-state index in [9.17, 15) is 0 Å². The molecule has 0 saturated carbocycles. The fourth-order valence-electron chi connectivity index (χ4n) is 2.45. The van der Waals surface area contributed by atoms with Crippen LogP contribution in [0.4, 0.5) is 17.6 Å². The number of hydrogen-bond acceptors (Lipinski definition) is 7. The van der Waals surface area contributed by atoms with E-state index in [0.717, 1.165) is 18.5 Å². The van der Waals surface area contributed by atoms with Gasteiger partial charge in [0.15, 0.2) is 0 Å². The minimum Gasteiger partial charge on any atom is -0.464 e. The fraction of sp³-hybridized carbons (Fsp3) is 0.357. The van der Waals surface area contributed by atoms with Crippen LogP contribution < -0.4 is 21.3 Å². The number of hydrogen-bond donors (Lipinski definition) is 3. The molecule has 1 aliphatic carbocycles. The first-order chi connectivity index (χ1) is 10.3. The number of nitrogens with two attached hydrogens (primary N) is 1. The average molecular weight is 286 g/mol. The molecule has 0 amide bonds. The van der Waals surface area contributed by atoms with Gasteiger partial charge in [-0.1, -0.05) is 6.07 Å². The summed E-state index contributed by atoms with van der Waals surface area (Å²) < 4.78 is 5.30. The summed E-state index contributed by atoms with van der Waals surface area (Å²) in [5.74, 6) is 6.03. The first kappa shape index (κ1) is 13.6. The van der Waals surface area contributed by atoms with E-state index in [2.05, 4.69) is 37.8 Å². The molecule has 1 aromatic heterocycles. The van der Waals surface area contributed by atoms with Gasteiger partial charge in [0.1, 0.15) is 0 Å². The molecule has 0 atom stereocenters. The van der Waals surface area contributed by atoms with Gasteiger partial charge < -0.3 is 10.1 Å². The lowest BCUT2D eigenvalue weighted by Gasteiger charge is -2.09. The number of benzene rings is 1. The molecule has 7 heteroatoms. The number of nitrogens with one attached hydrogen (secondary N) is 2. The SMILES string of the molecule is CCOc1nc(NN)nc(Nc2ccc3c(c2)CCC3)n1. The first-order valence-corrected chi connectivity index (χ1v) is 7.03. The normalized spacial score (nSPS) is 12.9. The average Bonchev–Trinajstić information content (AvgIpc) is 2.95. The molecule has 1 aromatic carbocycles. The predicted octanol–water partition coefficient (Wildman–Crippen LogP) is 1.79. The van der Waals surface area contributed by atoms with E-state index in [4.69, 9.17) is 10.6 Å². The third-order valence-corrected chi connectivity index (χ3v) is 3.37. The molecule has 110 valence electrons. The van der Waals surface area contributed by atoms with Gasteiger partial charge in [0.05, 0.1) is 6.61 Å². The third-order valence-electron chi connectivity index (χ3n) is 3.37. The highest BCUT2D eigenvalue weighted by Gasteiger charge is 2.12. The van der Waals surface area contributed by atoms with Crippen molar-refractivity contribution >= 4 is 17.6 Å². The van der Waals surface area contributed by atoms with Gasteiger partial charge in [0.25, 0.3) is 0 Å². The molecular weight excluding hydrogens is 268 g/mol. The molecule has 0 fully saturated rings. The van der Waals surface area contributed by atoms with Crippen LogP contribution in [0.3, 0.4) is 0 Å². The number of ether oxygens (including phenoxy) is 1. The largest absolute Gasteiger partial charge is 0.464 e. The summed E-state index contributed by atoms with van der Waals surface area (Å²) in [5.41, 5.74) is 6.17. The standard InChI is InChI=1S/C14H18N6O/c1-2-21-14-18-12(17-13(19-14)20-15)16-11-7-6-9-4-3-5-10(9)8-11/h6-8H,2-5,15H2,1H3,(H2,16,17,18,19,20). The van der Waals surface area contributed by atoms with Gasteiger partial charge in [-0.3, -0.25) is 5.43 Å². The van der Waals surface area contributed by atoms with E-state index in [-0.39, 0.29) is 12.0 Å². The quantitative estimate of drug-likeness (QED) is 0.569. The summed E-state index contributed by atoms with van der Waals surface area (Å²) in [7, 11) is 0. The van der Waals surface area contributed by atoms with Gasteiger partial charge in [-0.15, -0.1) is 0 Å². The van der Waals surface area contributed by atoms with E-state index in [1.54, 1.807) is 0 Å². The van der Waals surface area contributed by atoms with Gasteiger partial charge in [0.2, 0.25) is 11.9 Å². The van der Waals surface area contributed by atoms with Crippen molar-refractivity contribution in [3.05, 3.63) is 29.3 Å². The van der Waals surface area contributed by atoms with Gasteiger partial charge in [-0.2, -0.15) is 15.0 Å². The summed E-state index contributed by atoms with van der Waals surface area (Å²) in [4.78, 5) is 12.4. The number of anilines is 3. The second-order valence-corrected chi connectivity index (χ2v) is 4.80. The van der Waals surface area contributed by atoms with Gasteiger partial charge in [-0.05, 0) is 49.4 Å². The lowest BCUT2D eigenvalue weighted by Crippen LogP contribution is -2.13. The molecule has 4 N–H and O–H groups in total. The summed E-state index contributed by atoms with van der Waals surface area (Å²) in [6, 6.07) is 6.56. The number of aryl methyl sites for hydroxylation is 2. The maximum atomic E-state index is 5.36. The lowest BCUT2D eigenvalue weighted by atomic mass is 10.1. The molecule has 0 saturated heterocycles. The van der Waals surface area contributed by atoms with Crippen LogP contribution in [0.15, 0.2) is 18.2 Å². The number of fused-ring (bicyclic) bond motifs is 1. The molecule has 0 bridgehead atoms. The summed E-state index contributed by atoms with van der Waals surface area (Å²) in [6.45, 7) is 2.35. The number of nitrogen functional groups attached to an aromatic ring is 1. The van der Waals surface area contributed by atoms with Crippen molar-refractivity contribution in [2.45, 2.75) is 26.2 Å². The van der Waals surface area contributed by atoms with Crippen LogP contribution in [0, 0.1) is 0 Å². The molecule has 0 radical (unpaired) electrons. The third kappa shape index (κ3) is 3.03. The molecule has 1 aliphatic rings. The Morgan fingerprint density at radius 2 is 1.95 bits per heavy atom. The monoisotopic (exact) mass is 286 g/mol. The van der Waals surface area contributed by atoms with Crippen molar-refractivity contribution in [1.29, 1.82) is 0 Å². The zero-order chi connectivity index (χ0) is 14.7. The molecule has 2 aromatic rings. The van der Waals surface area contributed by atoms with Crippen molar-refractivity contribution in [3.8, 4) is 6.01 Å². The smallest absolute Gasteiger partial charge is 0.323 e. The maximum absolute atomic E-state index is 5.36. The van der Waals surface area contributed by atoms with Gasteiger partial charge in [0, 0.05) is 5.69 Å². The van der Waals surface area contributed by atoms with Crippen LogP contribution in [0.1, 0.15) is 24.5 Å². The van der Waals surface area contributed by atoms with E-state index >= 15 is 0 Å². The highest BCUT2D eigenvalue weighted by atomic mass is 16.5.